The van der Waals surface area contributed by atoms with E-state index in [9.17, 15) is 4.79 Å². The Morgan fingerprint density at radius 1 is 1.05 bits per heavy atom. The van der Waals surface area contributed by atoms with Gasteiger partial charge in [0.15, 0.2) is 5.78 Å². The van der Waals surface area contributed by atoms with E-state index in [1.807, 2.05) is 18.2 Å². The molecule has 20 heavy (non-hydrogen) atoms. The number of oxime groups is 1. The van der Waals surface area contributed by atoms with Crippen LogP contribution in [0.3, 0.4) is 0 Å². The van der Waals surface area contributed by atoms with Gasteiger partial charge in [-0.1, -0.05) is 41.0 Å². The van der Waals surface area contributed by atoms with Gasteiger partial charge < -0.3 is 4.84 Å². The van der Waals surface area contributed by atoms with Gasteiger partial charge in [0.05, 0.1) is 5.71 Å². The molecule has 4 heteroatoms. The fourth-order valence-electron chi connectivity index (χ4n) is 1.94. The Bertz CT molecular complexity index is 648. The summed E-state index contributed by atoms with van der Waals surface area (Å²) in [6.45, 7) is 1.80. The Morgan fingerprint density at radius 2 is 1.65 bits per heavy atom. The normalized spacial score (nSPS) is 11.2. The second kappa shape index (κ2) is 6.35. The van der Waals surface area contributed by atoms with Gasteiger partial charge in [-0.3, -0.25) is 4.79 Å². The Morgan fingerprint density at radius 3 is 2.25 bits per heavy atom. The fraction of sp³-hybridized carbons (Fsp3) is 0.125. The topological polar surface area (TPSA) is 38.7 Å². The Labute approximate surface area is 122 Å². The number of ketones is 1. The molecular formula is C16H14ClNO2. The summed E-state index contributed by atoms with van der Waals surface area (Å²) >= 11 is 5.84. The number of hydrogen-bond donors (Lipinski definition) is 0. The van der Waals surface area contributed by atoms with Gasteiger partial charge in [-0.25, -0.2) is 0 Å². The minimum absolute atomic E-state index is 0.0667. The highest BCUT2D eigenvalue weighted by molar-refractivity contribution is 6.30. The number of halogens is 1. The van der Waals surface area contributed by atoms with Crippen molar-refractivity contribution in [2.45, 2.75) is 6.92 Å². The maximum atomic E-state index is 12.5. The molecule has 2 aromatic rings. The summed E-state index contributed by atoms with van der Waals surface area (Å²) in [5.74, 6) is -0.0667. The molecule has 0 unspecified atom stereocenters. The molecule has 0 N–H and O–H groups in total. The maximum absolute atomic E-state index is 12.5. The van der Waals surface area contributed by atoms with Crippen LogP contribution in [0.2, 0.25) is 5.02 Å². The monoisotopic (exact) mass is 287 g/mol. The van der Waals surface area contributed by atoms with Crippen molar-refractivity contribution in [2.75, 3.05) is 7.11 Å². The third kappa shape index (κ3) is 3.06. The van der Waals surface area contributed by atoms with E-state index < -0.39 is 0 Å². The molecule has 0 atom stereocenters. The molecule has 0 saturated heterocycles. The van der Waals surface area contributed by atoms with Crippen LogP contribution in [0.5, 0.6) is 0 Å². The van der Waals surface area contributed by atoms with Crippen LogP contribution >= 0.6 is 11.6 Å². The summed E-state index contributed by atoms with van der Waals surface area (Å²) in [4.78, 5) is 17.3. The first kappa shape index (κ1) is 14.3. The molecule has 0 aliphatic heterocycles. The quantitative estimate of drug-likeness (QED) is 0.485. The number of carbonyl (C=O) groups is 1. The Balaban J connectivity index is 2.45. The van der Waals surface area contributed by atoms with E-state index in [1.165, 1.54) is 7.11 Å². The molecule has 0 radical (unpaired) electrons. The largest absolute Gasteiger partial charge is 0.399 e. The summed E-state index contributed by atoms with van der Waals surface area (Å²) in [5, 5.41) is 4.49. The summed E-state index contributed by atoms with van der Waals surface area (Å²) < 4.78 is 0. The van der Waals surface area contributed by atoms with Crippen LogP contribution in [0.4, 0.5) is 0 Å². The smallest absolute Gasteiger partial charge is 0.193 e. The molecule has 3 nitrogen and oxygen atoms in total. The first-order valence-corrected chi connectivity index (χ1v) is 6.48. The summed E-state index contributed by atoms with van der Waals surface area (Å²) in [7, 11) is 1.48. The van der Waals surface area contributed by atoms with Crippen molar-refractivity contribution in [3.8, 4) is 0 Å². The zero-order valence-electron chi connectivity index (χ0n) is 11.3. The van der Waals surface area contributed by atoms with E-state index in [2.05, 4.69) is 5.16 Å². The van der Waals surface area contributed by atoms with E-state index in [1.54, 1.807) is 37.3 Å². The first-order chi connectivity index (χ1) is 9.63. The van der Waals surface area contributed by atoms with Crippen molar-refractivity contribution >= 4 is 23.1 Å². The molecule has 102 valence electrons. The van der Waals surface area contributed by atoms with Crippen molar-refractivity contribution in [3.63, 3.8) is 0 Å². The van der Waals surface area contributed by atoms with E-state index in [0.717, 1.165) is 5.56 Å². The average molecular weight is 288 g/mol. The fourth-order valence-corrected chi connectivity index (χ4v) is 2.07. The lowest BCUT2D eigenvalue weighted by Crippen LogP contribution is -2.08. The van der Waals surface area contributed by atoms with Crippen LogP contribution in [0.25, 0.3) is 0 Å². The van der Waals surface area contributed by atoms with E-state index >= 15 is 0 Å². The van der Waals surface area contributed by atoms with Crippen molar-refractivity contribution in [1.29, 1.82) is 0 Å². The number of benzene rings is 2. The van der Waals surface area contributed by atoms with E-state index in [4.69, 9.17) is 16.4 Å². The van der Waals surface area contributed by atoms with Crippen LogP contribution in [0.15, 0.2) is 53.7 Å². The average Bonchev–Trinajstić information content (AvgIpc) is 2.47. The zero-order valence-corrected chi connectivity index (χ0v) is 12.0. The van der Waals surface area contributed by atoms with Crippen LogP contribution in [-0.2, 0) is 4.84 Å². The molecule has 0 fully saturated rings. The van der Waals surface area contributed by atoms with Gasteiger partial charge in [-0.15, -0.1) is 0 Å². The molecular weight excluding hydrogens is 274 g/mol. The van der Waals surface area contributed by atoms with Crippen LogP contribution in [0.1, 0.15) is 28.4 Å². The van der Waals surface area contributed by atoms with Gasteiger partial charge >= 0.3 is 0 Å². The highest BCUT2D eigenvalue weighted by Gasteiger charge is 2.15. The third-order valence-corrected chi connectivity index (χ3v) is 3.15. The minimum atomic E-state index is -0.0667. The highest BCUT2D eigenvalue weighted by Crippen LogP contribution is 2.17. The predicted molar refractivity (Wildman–Crippen MR) is 80.5 cm³/mol. The van der Waals surface area contributed by atoms with E-state index in [-0.39, 0.29) is 5.78 Å². The predicted octanol–water partition coefficient (Wildman–Crippen LogP) is 3.94. The minimum Gasteiger partial charge on any atom is -0.399 e. The van der Waals surface area contributed by atoms with Crippen molar-refractivity contribution in [1.82, 2.24) is 0 Å². The van der Waals surface area contributed by atoms with Gasteiger partial charge in [-0.2, -0.15) is 0 Å². The third-order valence-electron chi connectivity index (χ3n) is 2.90. The van der Waals surface area contributed by atoms with Gasteiger partial charge in [0.2, 0.25) is 0 Å². The van der Waals surface area contributed by atoms with Crippen LogP contribution in [0, 0.1) is 0 Å². The van der Waals surface area contributed by atoms with E-state index in [0.29, 0.717) is 21.9 Å². The first-order valence-electron chi connectivity index (χ1n) is 6.11. The van der Waals surface area contributed by atoms with Gasteiger partial charge in [-0.05, 0) is 31.2 Å². The lowest BCUT2D eigenvalue weighted by Gasteiger charge is -2.08. The van der Waals surface area contributed by atoms with Crippen LogP contribution in [-0.4, -0.2) is 18.6 Å². The second-order valence-electron chi connectivity index (χ2n) is 4.24. The molecule has 0 saturated carbocycles. The molecule has 2 rings (SSSR count). The number of rotatable bonds is 4. The zero-order chi connectivity index (χ0) is 14.5. The standard InChI is InChI=1S/C16H14ClNO2/c1-11(18-20-2)14-5-3-4-6-15(14)16(19)12-7-9-13(17)10-8-12/h3-10H,1-2H3/b18-11-. The molecule has 0 bridgehead atoms. The maximum Gasteiger partial charge on any atom is 0.193 e. The molecule has 2 aromatic carbocycles. The lowest BCUT2D eigenvalue weighted by molar-refractivity contribution is 0.103. The molecule has 0 heterocycles. The molecule has 0 aliphatic carbocycles. The molecule has 0 aliphatic rings. The summed E-state index contributed by atoms with van der Waals surface area (Å²) in [6.07, 6.45) is 0. The summed E-state index contributed by atoms with van der Waals surface area (Å²) in [6, 6.07) is 14.1. The number of carbonyl (C=O) groups excluding carboxylic acids is 1. The van der Waals surface area contributed by atoms with Gasteiger partial charge in [0.1, 0.15) is 7.11 Å². The molecule has 0 spiro atoms. The summed E-state index contributed by atoms with van der Waals surface area (Å²) in [5.41, 5.74) is 2.60. The Kier molecular flexibility index (Phi) is 4.53. The molecule has 0 aromatic heterocycles. The Hall–Kier alpha value is -2.13. The SMILES string of the molecule is CO/N=C(/C)c1ccccc1C(=O)c1ccc(Cl)cc1. The van der Waals surface area contributed by atoms with Crippen molar-refractivity contribution in [3.05, 3.63) is 70.2 Å². The highest BCUT2D eigenvalue weighted by atomic mass is 35.5. The number of hydrogen-bond acceptors (Lipinski definition) is 3. The van der Waals surface area contributed by atoms with Gasteiger partial charge in [0, 0.05) is 21.7 Å². The van der Waals surface area contributed by atoms with Crippen molar-refractivity contribution in [2.24, 2.45) is 5.16 Å². The lowest BCUT2D eigenvalue weighted by atomic mass is 9.96. The van der Waals surface area contributed by atoms with Crippen molar-refractivity contribution < 1.29 is 9.63 Å². The molecule has 0 amide bonds. The van der Waals surface area contributed by atoms with Crippen LogP contribution < -0.4 is 0 Å². The second-order valence-corrected chi connectivity index (χ2v) is 4.68. The number of nitrogens with zero attached hydrogens (tertiary/aromatic N) is 1. The van der Waals surface area contributed by atoms with Gasteiger partial charge in [0.25, 0.3) is 0 Å².